The molecule has 1 heterocycles. The van der Waals surface area contributed by atoms with Gasteiger partial charge in [0, 0.05) is 12.5 Å². The van der Waals surface area contributed by atoms with Gasteiger partial charge in [-0.2, -0.15) is 0 Å². The molecule has 33 heavy (non-hydrogen) atoms. The van der Waals surface area contributed by atoms with E-state index in [1.165, 1.54) is 4.90 Å². The van der Waals surface area contributed by atoms with Crippen molar-refractivity contribution in [3.63, 3.8) is 0 Å². The van der Waals surface area contributed by atoms with Crippen molar-refractivity contribution < 1.29 is 24.2 Å². The topological polar surface area (TPSA) is 95.9 Å². The first-order chi connectivity index (χ1) is 15.8. The van der Waals surface area contributed by atoms with Crippen LogP contribution >= 0.6 is 0 Å². The number of nitrogens with one attached hydrogen (secondary N) is 1. The van der Waals surface area contributed by atoms with Gasteiger partial charge < -0.3 is 20.1 Å². The molecule has 2 fully saturated rings. The maximum absolute atomic E-state index is 13.3. The smallest absolute Gasteiger partial charge is 0.408 e. The Bertz CT molecular complexity index is 1100. The van der Waals surface area contributed by atoms with Gasteiger partial charge in [-0.3, -0.25) is 4.79 Å². The van der Waals surface area contributed by atoms with Crippen LogP contribution < -0.4 is 5.32 Å². The number of hydrogen-bond acceptors (Lipinski definition) is 4. The van der Waals surface area contributed by atoms with Crippen molar-refractivity contribution in [1.29, 1.82) is 0 Å². The predicted octanol–water partition coefficient (Wildman–Crippen LogP) is 3.77. The number of hydrogen-bond donors (Lipinski definition) is 2. The van der Waals surface area contributed by atoms with E-state index in [9.17, 15) is 19.5 Å². The summed E-state index contributed by atoms with van der Waals surface area (Å²) in [5.41, 5.74) is 2.10. The van der Waals surface area contributed by atoms with E-state index in [1.54, 1.807) is 13.8 Å². The largest absolute Gasteiger partial charge is 0.479 e. The highest BCUT2D eigenvalue weighted by Gasteiger charge is 2.67. The molecule has 3 aliphatic rings. The fourth-order valence-electron chi connectivity index (χ4n) is 5.62. The zero-order valence-corrected chi connectivity index (χ0v) is 18.8. The average molecular weight is 449 g/mol. The Balaban J connectivity index is 1.27. The maximum atomic E-state index is 13.3. The Hall–Kier alpha value is -3.35. The number of piperidine rings is 1. The van der Waals surface area contributed by atoms with Crippen LogP contribution in [0.1, 0.15) is 50.2 Å². The van der Waals surface area contributed by atoms with Gasteiger partial charge in [0.15, 0.2) is 0 Å². The summed E-state index contributed by atoms with van der Waals surface area (Å²) in [7, 11) is 0. The molecule has 172 valence electrons. The number of carbonyl (C=O) groups excluding carboxylic acids is 2. The van der Waals surface area contributed by atoms with Crippen molar-refractivity contribution in [2.45, 2.75) is 50.1 Å². The lowest BCUT2D eigenvalue weighted by Crippen LogP contribution is -2.62. The number of likely N-dealkylation sites (tertiary alicyclic amines) is 1. The molecular formula is C26H28N2O5. The number of carboxylic acids is 1. The van der Waals surface area contributed by atoms with E-state index in [0.29, 0.717) is 13.0 Å². The summed E-state index contributed by atoms with van der Waals surface area (Å²) in [6, 6.07) is 16.2. The Morgan fingerprint density at radius 3 is 2.30 bits per heavy atom. The molecule has 2 atom stereocenters. The fourth-order valence-corrected chi connectivity index (χ4v) is 5.62. The molecule has 2 N–H and O–H groups in total. The van der Waals surface area contributed by atoms with Gasteiger partial charge in [-0.05, 0) is 61.3 Å². The second-order valence-electron chi connectivity index (χ2n) is 9.81. The number of aliphatic carboxylic acids is 1. The average Bonchev–Trinajstić information content (AvgIpc) is 3.48. The van der Waals surface area contributed by atoms with Crippen molar-refractivity contribution >= 4 is 18.0 Å². The third-order valence-corrected chi connectivity index (χ3v) is 7.40. The van der Waals surface area contributed by atoms with Crippen LogP contribution in [-0.2, 0) is 14.3 Å². The number of ether oxygens (including phenoxy) is 1. The Kier molecular flexibility index (Phi) is 4.96. The van der Waals surface area contributed by atoms with Crippen molar-refractivity contribution in [2.75, 3.05) is 13.2 Å². The van der Waals surface area contributed by atoms with E-state index >= 15 is 0 Å². The minimum absolute atomic E-state index is 0.00189. The Morgan fingerprint density at radius 2 is 1.70 bits per heavy atom. The number of carboxylic acid groups (broad SMARTS) is 1. The van der Waals surface area contributed by atoms with Crippen molar-refractivity contribution in [3.8, 4) is 11.1 Å². The molecule has 7 nitrogen and oxygen atoms in total. The van der Waals surface area contributed by atoms with E-state index in [4.69, 9.17) is 4.74 Å². The van der Waals surface area contributed by atoms with Crippen molar-refractivity contribution in [3.05, 3.63) is 59.7 Å². The summed E-state index contributed by atoms with van der Waals surface area (Å²) in [6.07, 6.45) is 1.38. The minimum atomic E-state index is -1.28. The highest BCUT2D eigenvalue weighted by atomic mass is 16.5. The number of alkyl carbamates (subject to hydrolysis) is 1. The van der Waals surface area contributed by atoms with Gasteiger partial charge in [-0.25, -0.2) is 9.59 Å². The normalized spacial score (nSPS) is 23.2. The molecule has 0 aromatic heterocycles. The first-order valence-electron chi connectivity index (χ1n) is 11.4. The van der Waals surface area contributed by atoms with Crippen LogP contribution in [0.2, 0.25) is 0 Å². The summed E-state index contributed by atoms with van der Waals surface area (Å²) in [5.74, 6) is -1.43. The third-order valence-electron chi connectivity index (χ3n) is 7.40. The molecule has 2 aromatic carbocycles. The fraction of sp³-hybridized carbons (Fsp3) is 0.423. The zero-order valence-electron chi connectivity index (χ0n) is 18.8. The Labute approximate surface area is 192 Å². The summed E-state index contributed by atoms with van der Waals surface area (Å²) in [5, 5.41) is 12.4. The van der Waals surface area contributed by atoms with Crippen molar-refractivity contribution in [2.24, 2.45) is 5.92 Å². The summed E-state index contributed by atoms with van der Waals surface area (Å²) in [6.45, 7) is 3.73. The van der Waals surface area contributed by atoms with Crippen LogP contribution in [-0.4, -0.2) is 52.2 Å². The maximum Gasteiger partial charge on any atom is 0.408 e. The lowest BCUT2D eigenvalue weighted by molar-refractivity contribution is -0.157. The van der Waals surface area contributed by atoms with Gasteiger partial charge >= 0.3 is 12.1 Å². The molecular weight excluding hydrogens is 420 g/mol. The number of carbonyl (C=O) groups is 3. The van der Waals surface area contributed by atoms with Gasteiger partial charge in [-0.1, -0.05) is 48.5 Å². The third kappa shape index (κ3) is 3.37. The van der Waals surface area contributed by atoms with Crippen LogP contribution in [0.25, 0.3) is 11.1 Å². The quantitative estimate of drug-likeness (QED) is 0.726. The van der Waals surface area contributed by atoms with Crippen LogP contribution in [0.5, 0.6) is 0 Å². The lowest BCUT2D eigenvalue weighted by atomic mass is 9.96. The van der Waals surface area contributed by atoms with Gasteiger partial charge in [0.25, 0.3) is 0 Å². The summed E-state index contributed by atoms with van der Waals surface area (Å²) < 4.78 is 5.59. The van der Waals surface area contributed by atoms with E-state index in [-0.39, 0.29) is 24.3 Å². The standard InChI is InChI=1S/C26H28N2O5/c1-25(2,22(29)28-13-7-8-16-14-26(16,28)23(30)31)27-24(32)33-15-21-19-11-5-3-9-17(19)18-10-4-6-12-20(18)21/h3-6,9-12,16,21H,7-8,13-15H2,1-2H3,(H,27,32)(H,30,31). The second-order valence-corrected chi connectivity index (χ2v) is 9.81. The molecule has 0 radical (unpaired) electrons. The number of nitrogens with zero attached hydrogens (tertiary/aromatic N) is 1. The first kappa shape index (κ1) is 21.5. The van der Waals surface area contributed by atoms with Crippen LogP contribution in [0.4, 0.5) is 4.79 Å². The van der Waals surface area contributed by atoms with Gasteiger partial charge in [0.2, 0.25) is 5.91 Å². The van der Waals surface area contributed by atoms with E-state index in [2.05, 4.69) is 17.4 Å². The monoisotopic (exact) mass is 448 g/mol. The number of rotatable bonds is 5. The summed E-state index contributed by atoms with van der Waals surface area (Å²) >= 11 is 0. The molecule has 1 saturated heterocycles. The Morgan fingerprint density at radius 1 is 1.09 bits per heavy atom. The van der Waals surface area contributed by atoms with Crippen LogP contribution in [0.15, 0.2) is 48.5 Å². The molecule has 2 aliphatic carbocycles. The number of amides is 2. The minimum Gasteiger partial charge on any atom is -0.479 e. The molecule has 2 aromatic rings. The lowest BCUT2D eigenvalue weighted by Gasteiger charge is -2.38. The highest BCUT2D eigenvalue weighted by Crippen LogP contribution is 2.54. The molecule has 7 heteroatoms. The number of benzene rings is 2. The molecule has 0 spiro atoms. The van der Waals surface area contributed by atoms with Crippen LogP contribution in [0.3, 0.4) is 0 Å². The van der Waals surface area contributed by atoms with Gasteiger partial charge in [0.1, 0.15) is 17.7 Å². The summed E-state index contributed by atoms with van der Waals surface area (Å²) in [4.78, 5) is 39.4. The molecule has 1 aliphatic heterocycles. The SMILES string of the molecule is CC(C)(NC(=O)OCC1c2ccccc2-c2ccccc21)C(=O)N1CCCC2CC21C(=O)O. The molecule has 1 saturated carbocycles. The van der Waals surface area contributed by atoms with Crippen LogP contribution in [0, 0.1) is 5.92 Å². The molecule has 5 rings (SSSR count). The van der Waals surface area contributed by atoms with Crippen molar-refractivity contribution in [1.82, 2.24) is 10.2 Å². The second kappa shape index (κ2) is 7.61. The number of fused-ring (bicyclic) bond motifs is 4. The molecule has 2 unspecified atom stereocenters. The molecule has 0 bridgehead atoms. The van der Waals surface area contributed by atoms with E-state index < -0.39 is 23.1 Å². The van der Waals surface area contributed by atoms with Gasteiger partial charge in [-0.15, -0.1) is 0 Å². The predicted molar refractivity (Wildman–Crippen MR) is 122 cm³/mol. The first-order valence-corrected chi connectivity index (χ1v) is 11.4. The van der Waals surface area contributed by atoms with Gasteiger partial charge in [0.05, 0.1) is 0 Å². The zero-order chi connectivity index (χ0) is 23.4. The van der Waals surface area contributed by atoms with E-state index in [0.717, 1.165) is 35.1 Å². The highest BCUT2D eigenvalue weighted by molar-refractivity contribution is 5.95. The molecule has 2 amide bonds. The van der Waals surface area contributed by atoms with E-state index in [1.807, 2.05) is 36.4 Å².